The number of carbonyl (C=O) groups excluding carboxylic acids is 1. The Hall–Kier alpha value is -1.59. The molecule has 0 N–H and O–H groups in total. The SMILES string of the molecule is CN1CCN(C(=O)N(C)C[C@H]2Cc3ccccc3CO2)CC1. The Labute approximate surface area is 132 Å². The van der Waals surface area contributed by atoms with Gasteiger partial charge in [-0.3, -0.25) is 0 Å². The molecule has 1 fully saturated rings. The lowest BCUT2D eigenvalue weighted by molar-refractivity contribution is 0.0115. The summed E-state index contributed by atoms with van der Waals surface area (Å²) < 4.78 is 5.91. The lowest BCUT2D eigenvalue weighted by atomic mass is 9.99. The standard InChI is InChI=1S/C17H25N3O2/c1-18-7-9-20(10-8-18)17(21)19(2)12-16-11-14-5-3-4-6-15(14)13-22-16/h3-6,16H,7-13H2,1-2H3/t16-/m1/s1. The molecule has 120 valence electrons. The van der Waals surface area contributed by atoms with Crippen molar-refractivity contribution in [3.8, 4) is 0 Å². The summed E-state index contributed by atoms with van der Waals surface area (Å²) >= 11 is 0. The smallest absolute Gasteiger partial charge is 0.319 e. The van der Waals surface area contributed by atoms with Crippen LogP contribution in [-0.4, -0.2) is 73.7 Å². The molecule has 2 aliphatic heterocycles. The molecule has 1 atom stereocenters. The van der Waals surface area contributed by atoms with Crippen molar-refractivity contribution in [1.82, 2.24) is 14.7 Å². The van der Waals surface area contributed by atoms with E-state index in [1.807, 2.05) is 22.9 Å². The highest BCUT2D eigenvalue weighted by Crippen LogP contribution is 2.21. The third kappa shape index (κ3) is 3.42. The molecule has 0 saturated carbocycles. The number of benzene rings is 1. The second kappa shape index (κ2) is 6.67. The summed E-state index contributed by atoms with van der Waals surface area (Å²) in [6.07, 6.45) is 0.979. The van der Waals surface area contributed by atoms with Gasteiger partial charge in [-0.15, -0.1) is 0 Å². The van der Waals surface area contributed by atoms with Crippen molar-refractivity contribution in [2.24, 2.45) is 0 Å². The molecular formula is C17H25N3O2. The van der Waals surface area contributed by atoms with E-state index in [0.717, 1.165) is 32.6 Å². The highest BCUT2D eigenvalue weighted by atomic mass is 16.5. The molecular weight excluding hydrogens is 278 g/mol. The van der Waals surface area contributed by atoms with Crippen molar-refractivity contribution in [1.29, 1.82) is 0 Å². The van der Waals surface area contributed by atoms with E-state index in [1.54, 1.807) is 0 Å². The largest absolute Gasteiger partial charge is 0.371 e. The first-order valence-electron chi connectivity index (χ1n) is 8.00. The van der Waals surface area contributed by atoms with Gasteiger partial charge in [0, 0.05) is 46.2 Å². The molecule has 0 unspecified atom stereocenters. The summed E-state index contributed by atoms with van der Waals surface area (Å²) in [5.41, 5.74) is 2.62. The van der Waals surface area contributed by atoms with Crippen LogP contribution in [-0.2, 0) is 17.8 Å². The predicted molar refractivity (Wildman–Crippen MR) is 85.8 cm³/mol. The van der Waals surface area contributed by atoms with Gasteiger partial charge in [0.25, 0.3) is 0 Å². The minimum absolute atomic E-state index is 0.0938. The van der Waals surface area contributed by atoms with E-state index in [4.69, 9.17) is 4.74 Å². The maximum atomic E-state index is 12.5. The minimum atomic E-state index is 0.0938. The van der Waals surface area contributed by atoms with Gasteiger partial charge in [-0.2, -0.15) is 0 Å². The van der Waals surface area contributed by atoms with Gasteiger partial charge in [0.1, 0.15) is 0 Å². The number of ether oxygens (including phenoxy) is 1. The van der Waals surface area contributed by atoms with E-state index in [9.17, 15) is 4.79 Å². The van der Waals surface area contributed by atoms with Gasteiger partial charge in [0.2, 0.25) is 0 Å². The zero-order valence-electron chi connectivity index (χ0n) is 13.5. The van der Waals surface area contributed by atoms with E-state index in [-0.39, 0.29) is 12.1 Å². The Bertz CT molecular complexity index is 526. The molecule has 1 saturated heterocycles. The van der Waals surface area contributed by atoms with Crippen LogP contribution in [0.5, 0.6) is 0 Å². The predicted octanol–water partition coefficient (Wildman–Crippen LogP) is 1.43. The van der Waals surface area contributed by atoms with Crippen LogP contribution in [0.4, 0.5) is 4.79 Å². The van der Waals surface area contributed by atoms with Crippen LogP contribution >= 0.6 is 0 Å². The summed E-state index contributed by atoms with van der Waals surface area (Å²) in [4.78, 5) is 18.5. The van der Waals surface area contributed by atoms with Gasteiger partial charge in [0.15, 0.2) is 0 Å². The summed E-state index contributed by atoms with van der Waals surface area (Å²) in [6, 6.07) is 8.51. The first-order valence-corrected chi connectivity index (χ1v) is 8.00. The molecule has 2 amide bonds. The maximum absolute atomic E-state index is 12.5. The average molecular weight is 303 g/mol. The lowest BCUT2D eigenvalue weighted by Crippen LogP contribution is -2.52. The average Bonchev–Trinajstić information content (AvgIpc) is 2.55. The molecule has 0 aromatic heterocycles. The van der Waals surface area contributed by atoms with Crippen molar-refractivity contribution in [2.75, 3.05) is 46.8 Å². The molecule has 3 rings (SSSR count). The van der Waals surface area contributed by atoms with E-state index >= 15 is 0 Å². The quantitative estimate of drug-likeness (QED) is 0.829. The Morgan fingerprint density at radius 2 is 1.91 bits per heavy atom. The van der Waals surface area contributed by atoms with Gasteiger partial charge in [-0.05, 0) is 18.2 Å². The first kappa shape index (κ1) is 15.3. The van der Waals surface area contributed by atoms with Crippen molar-refractivity contribution in [2.45, 2.75) is 19.1 Å². The van der Waals surface area contributed by atoms with Crippen LogP contribution in [0.1, 0.15) is 11.1 Å². The number of hydrogen-bond donors (Lipinski definition) is 0. The summed E-state index contributed by atoms with van der Waals surface area (Å²) in [5, 5.41) is 0. The van der Waals surface area contributed by atoms with E-state index in [2.05, 4.69) is 30.1 Å². The van der Waals surface area contributed by atoms with Crippen LogP contribution in [0.2, 0.25) is 0 Å². The molecule has 5 heteroatoms. The fraction of sp³-hybridized carbons (Fsp3) is 0.588. The van der Waals surface area contributed by atoms with Gasteiger partial charge < -0.3 is 19.4 Å². The number of hydrogen-bond acceptors (Lipinski definition) is 3. The van der Waals surface area contributed by atoms with Crippen molar-refractivity contribution in [3.63, 3.8) is 0 Å². The Balaban J connectivity index is 1.54. The topological polar surface area (TPSA) is 36.0 Å². The zero-order valence-corrected chi connectivity index (χ0v) is 13.5. The minimum Gasteiger partial charge on any atom is -0.371 e. The third-order valence-corrected chi connectivity index (χ3v) is 4.62. The number of amides is 2. The third-order valence-electron chi connectivity index (χ3n) is 4.62. The Morgan fingerprint density at radius 1 is 1.23 bits per heavy atom. The molecule has 0 aliphatic carbocycles. The van der Waals surface area contributed by atoms with Crippen molar-refractivity contribution >= 4 is 6.03 Å². The van der Waals surface area contributed by atoms with E-state index in [0.29, 0.717) is 13.2 Å². The van der Waals surface area contributed by atoms with Gasteiger partial charge in [0.05, 0.1) is 12.7 Å². The Morgan fingerprint density at radius 3 is 2.64 bits per heavy atom. The summed E-state index contributed by atoms with van der Waals surface area (Å²) in [7, 11) is 3.98. The number of fused-ring (bicyclic) bond motifs is 1. The highest BCUT2D eigenvalue weighted by Gasteiger charge is 2.26. The van der Waals surface area contributed by atoms with Gasteiger partial charge in [-0.1, -0.05) is 24.3 Å². The van der Waals surface area contributed by atoms with Crippen LogP contribution in [0.3, 0.4) is 0 Å². The molecule has 2 aliphatic rings. The molecule has 5 nitrogen and oxygen atoms in total. The molecule has 22 heavy (non-hydrogen) atoms. The van der Waals surface area contributed by atoms with Crippen LogP contribution in [0, 0.1) is 0 Å². The van der Waals surface area contributed by atoms with E-state index in [1.165, 1.54) is 11.1 Å². The lowest BCUT2D eigenvalue weighted by Gasteiger charge is -2.36. The molecule has 0 radical (unpaired) electrons. The fourth-order valence-corrected chi connectivity index (χ4v) is 3.15. The normalized spacial score (nSPS) is 22.3. The molecule has 1 aromatic rings. The number of rotatable bonds is 2. The number of piperazine rings is 1. The number of carbonyl (C=O) groups is 1. The molecule has 0 bridgehead atoms. The number of likely N-dealkylation sites (N-methyl/N-ethyl adjacent to an activating group) is 2. The highest BCUT2D eigenvalue weighted by molar-refractivity contribution is 5.74. The zero-order chi connectivity index (χ0) is 15.5. The summed E-state index contributed by atoms with van der Waals surface area (Å²) in [6.45, 7) is 4.83. The van der Waals surface area contributed by atoms with Crippen LogP contribution < -0.4 is 0 Å². The summed E-state index contributed by atoms with van der Waals surface area (Å²) in [5.74, 6) is 0. The fourth-order valence-electron chi connectivity index (χ4n) is 3.15. The monoisotopic (exact) mass is 303 g/mol. The van der Waals surface area contributed by atoms with Crippen molar-refractivity contribution in [3.05, 3.63) is 35.4 Å². The van der Waals surface area contributed by atoms with Gasteiger partial charge >= 0.3 is 6.03 Å². The molecule has 0 spiro atoms. The van der Waals surface area contributed by atoms with Crippen LogP contribution in [0.15, 0.2) is 24.3 Å². The Kier molecular flexibility index (Phi) is 4.64. The number of nitrogens with zero attached hydrogens (tertiary/aromatic N) is 3. The second-order valence-corrected chi connectivity index (χ2v) is 6.36. The maximum Gasteiger partial charge on any atom is 0.319 e. The molecule has 2 heterocycles. The molecule has 1 aromatic carbocycles. The first-order chi connectivity index (χ1) is 10.6. The van der Waals surface area contributed by atoms with Crippen LogP contribution in [0.25, 0.3) is 0 Å². The van der Waals surface area contributed by atoms with Gasteiger partial charge in [-0.25, -0.2) is 4.79 Å². The van der Waals surface area contributed by atoms with E-state index < -0.39 is 0 Å². The van der Waals surface area contributed by atoms with Crippen molar-refractivity contribution < 1.29 is 9.53 Å². The number of urea groups is 1. The second-order valence-electron chi connectivity index (χ2n) is 6.36.